The van der Waals surface area contributed by atoms with Crippen LogP contribution in [0.25, 0.3) is 0 Å². The largest absolute Gasteiger partial charge is 0.469 e. The van der Waals surface area contributed by atoms with Crippen molar-refractivity contribution < 1.29 is 19.4 Å². The summed E-state index contributed by atoms with van der Waals surface area (Å²) < 4.78 is 4.62. The van der Waals surface area contributed by atoms with Gasteiger partial charge in [-0.05, 0) is 25.3 Å². The number of aliphatic hydroxyl groups excluding tert-OH is 1. The number of hydrogen-bond donors (Lipinski definition) is 1. The number of ether oxygens (including phenoxy) is 1. The lowest BCUT2D eigenvalue weighted by Crippen LogP contribution is -2.18. The summed E-state index contributed by atoms with van der Waals surface area (Å²) in [5.74, 6) is -0.136. The van der Waals surface area contributed by atoms with Crippen LogP contribution in [0.4, 0.5) is 0 Å². The zero-order chi connectivity index (χ0) is 17.5. The molecule has 24 heavy (non-hydrogen) atoms. The number of methoxy groups -OCH3 is 1. The van der Waals surface area contributed by atoms with Crippen LogP contribution in [0.3, 0.4) is 0 Å². The Morgan fingerprint density at radius 2 is 1.83 bits per heavy atom. The van der Waals surface area contributed by atoms with Gasteiger partial charge < -0.3 is 9.84 Å². The van der Waals surface area contributed by atoms with E-state index in [9.17, 15) is 14.7 Å². The lowest BCUT2D eigenvalue weighted by Gasteiger charge is -2.21. The van der Waals surface area contributed by atoms with Crippen LogP contribution in [0.2, 0.25) is 0 Å². The Hall–Kier alpha value is -1.68. The van der Waals surface area contributed by atoms with Crippen LogP contribution < -0.4 is 0 Å². The molecular formula is C20H28O4. The molecule has 4 nitrogen and oxygen atoms in total. The minimum absolute atomic E-state index is 0.0758. The maximum atomic E-state index is 12.3. The molecule has 132 valence electrons. The molecule has 0 saturated heterocycles. The molecule has 4 heteroatoms. The fourth-order valence-electron chi connectivity index (χ4n) is 3.63. The van der Waals surface area contributed by atoms with Gasteiger partial charge in [-0.15, -0.1) is 0 Å². The van der Waals surface area contributed by atoms with Crippen molar-refractivity contribution in [2.24, 2.45) is 5.92 Å². The van der Waals surface area contributed by atoms with E-state index in [2.05, 4.69) is 4.74 Å². The molecule has 3 atom stereocenters. The molecule has 0 radical (unpaired) electrons. The van der Waals surface area contributed by atoms with E-state index in [0.717, 1.165) is 37.7 Å². The summed E-state index contributed by atoms with van der Waals surface area (Å²) in [6.45, 7) is 2.03. The third-order valence-corrected chi connectivity index (χ3v) is 5.01. The van der Waals surface area contributed by atoms with Crippen molar-refractivity contribution in [2.45, 2.75) is 63.9 Å². The lowest BCUT2D eigenvalue weighted by atomic mass is 9.84. The van der Waals surface area contributed by atoms with Gasteiger partial charge in [0.25, 0.3) is 0 Å². The van der Waals surface area contributed by atoms with Crippen molar-refractivity contribution in [1.29, 1.82) is 0 Å². The number of unbranched alkanes of at least 4 members (excludes halogenated alkanes) is 3. The van der Waals surface area contributed by atoms with E-state index < -0.39 is 6.10 Å². The second-order valence-electron chi connectivity index (χ2n) is 6.81. The number of hydrogen-bond acceptors (Lipinski definition) is 4. The molecular weight excluding hydrogens is 304 g/mol. The molecule has 1 saturated carbocycles. The molecule has 3 unspecified atom stereocenters. The highest BCUT2D eigenvalue weighted by Gasteiger charge is 2.41. The van der Waals surface area contributed by atoms with Gasteiger partial charge in [-0.2, -0.15) is 0 Å². The predicted molar refractivity (Wildman–Crippen MR) is 92.8 cm³/mol. The fourth-order valence-corrected chi connectivity index (χ4v) is 3.63. The summed E-state index contributed by atoms with van der Waals surface area (Å²) in [4.78, 5) is 23.3. The Balaban J connectivity index is 1.84. The van der Waals surface area contributed by atoms with E-state index in [4.69, 9.17) is 0 Å². The van der Waals surface area contributed by atoms with Crippen molar-refractivity contribution in [3.63, 3.8) is 0 Å². The van der Waals surface area contributed by atoms with Crippen LogP contribution in [0.5, 0.6) is 0 Å². The highest BCUT2D eigenvalue weighted by atomic mass is 16.5. The summed E-state index contributed by atoms with van der Waals surface area (Å²) in [7, 11) is 1.41. The lowest BCUT2D eigenvalue weighted by molar-refractivity contribution is -0.140. The van der Waals surface area contributed by atoms with E-state index in [1.165, 1.54) is 12.7 Å². The first-order valence-electron chi connectivity index (χ1n) is 8.87. The number of aliphatic hydroxyl groups is 1. The summed E-state index contributed by atoms with van der Waals surface area (Å²) in [6.07, 6.45) is 4.72. The van der Waals surface area contributed by atoms with Gasteiger partial charge in [0.2, 0.25) is 0 Å². The normalized spacial score (nSPS) is 23.5. The van der Waals surface area contributed by atoms with Crippen molar-refractivity contribution in [1.82, 2.24) is 0 Å². The number of rotatable bonds is 8. The van der Waals surface area contributed by atoms with Crippen LogP contribution in [0.15, 0.2) is 24.3 Å². The average molecular weight is 332 g/mol. The van der Waals surface area contributed by atoms with Gasteiger partial charge in [0.05, 0.1) is 13.2 Å². The number of carbonyl (C=O) groups excluding carboxylic acids is 2. The first-order chi connectivity index (χ1) is 11.5. The summed E-state index contributed by atoms with van der Waals surface area (Å²) >= 11 is 0. The Bertz CT molecular complexity index is 549. The van der Waals surface area contributed by atoms with E-state index >= 15 is 0 Å². The Morgan fingerprint density at radius 1 is 1.17 bits per heavy atom. The Morgan fingerprint density at radius 3 is 2.50 bits per heavy atom. The standard InChI is InChI=1S/C20H28O4/c1-14-9-11-15(12-10-14)20-16(17(21)13-18(20)22)7-5-3-4-6-8-19(23)24-2/h9-12,16,18,20,22H,3-8,13H2,1-2H3. The quantitative estimate of drug-likeness (QED) is 0.584. The van der Waals surface area contributed by atoms with Crippen LogP contribution in [-0.2, 0) is 14.3 Å². The van der Waals surface area contributed by atoms with Gasteiger partial charge in [-0.3, -0.25) is 9.59 Å². The fraction of sp³-hybridized carbons (Fsp3) is 0.600. The summed E-state index contributed by atoms with van der Waals surface area (Å²) in [5.41, 5.74) is 2.24. The van der Waals surface area contributed by atoms with Crippen molar-refractivity contribution in [3.8, 4) is 0 Å². The maximum absolute atomic E-state index is 12.3. The molecule has 1 fully saturated rings. The molecule has 1 aliphatic carbocycles. The highest BCUT2D eigenvalue weighted by Crippen LogP contribution is 2.40. The number of carbonyl (C=O) groups is 2. The zero-order valence-corrected chi connectivity index (χ0v) is 14.7. The first-order valence-corrected chi connectivity index (χ1v) is 8.87. The molecule has 1 aromatic carbocycles. The third kappa shape index (κ3) is 4.91. The Labute approximate surface area is 144 Å². The second kappa shape index (κ2) is 8.97. The number of esters is 1. The summed E-state index contributed by atoms with van der Waals surface area (Å²) in [5, 5.41) is 10.3. The number of ketones is 1. The monoisotopic (exact) mass is 332 g/mol. The van der Waals surface area contributed by atoms with Crippen LogP contribution in [0, 0.1) is 12.8 Å². The molecule has 0 heterocycles. The molecule has 0 aromatic heterocycles. The van der Waals surface area contributed by atoms with Gasteiger partial charge in [-0.1, -0.05) is 49.1 Å². The molecule has 0 aliphatic heterocycles. The van der Waals surface area contributed by atoms with Gasteiger partial charge in [0.15, 0.2) is 0 Å². The molecule has 0 spiro atoms. The van der Waals surface area contributed by atoms with Crippen LogP contribution >= 0.6 is 0 Å². The zero-order valence-electron chi connectivity index (χ0n) is 14.7. The number of Topliss-reactive ketones (excluding diaryl/α,β-unsaturated/α-hetero) is 1. The van der Waals surface area contributed by atoms with E-state index in [0.29, 0.717) is 6.42 Å². The van der Waals surface area contributed by atoms with Gasteiger partial charge in [-0.25, -0.2) is 0 Å². The van der Waals surface area contributed by atoms with Crippen LogP contribution in [-0.4, -0.2) is 30.1 Å². The smallest absolute Gasteiger partial charge is 0.305 e. The average Bonchev–Trinajstić information content (AvgIpc) is 2.85. The Kier molecular flexibility index (Phi) is 6.98. The second-order valence-corrected chi connectivity index (χ2v) is 6.81. The van der Waals surface area contributed by atoms with Gasteiger partial charge >= 0.3 is 5.97 Å². The molecule has 0 amide bonds. The van der Waals surface area contributed by atoms with Gasteiger partial charge in [0.1, 0.15) is 5.78 Å². The minimum atomic E-state index is -0.565. The number of aryl methyl sites for hydroxylation is 1. The van der Waals surface area contributed by atoms with Gasteiger partial charge in [0, 0.05) is 24.7 Å². The van der Waals surface area contributed by atoms with Crippen molar-refractivity contribution in [3.05, 3.63) is 35.4 Å². The van der Waals surface area contributed by atoms with E-state index in [-0.39, 0.29) is 30.0 Å². The topological polar surface area (TPSA) is 63.6 Å². The first kappa shape index (κ1) is 18.7. The van der Waals surface area contributed by atoms with E-state index in [1.807, 2.05) is 31.2 Å². The minimum Gasteiger partial charge on any atom is -0.469 e. The van der Waals surface area contributed by atoms with Crippen molar-refractivity contribution in [2.75, 3.05) is 7.11 Å². The highest BCUT2D eigenvalue weighted by molar-refractivity contribution is 5.85. The SMILES string of the molecule is COC(=O)CCCCCCC1C(=O)CC(O)C1c1ccc(C)cc1. The molecule has 1 aromatic rings. The predicted octanol–water partition coefficient (Wildman–Crippen LogP) is 3.54. The van der Waals surface area contributed by atoms with Crippen LogP contribution in [0.1, 0.15) is 62.0 Å². The number of benzene rings is 1. The maximum Gasteiger partial charge on any atom is 0.305 e. The molecule has 1 aliphatic rings. The van der Waals surface area contributed by atoms with Crippen molar-refractivity contribution >= 4 is 11.8 Å². The molecule has 2 rings (SSSR count). The molecule has 0 bridgehead atoms. The summed E-state index contributed by atoms with van der Waals surface area (Å²) in [6, 6.07) is 8.14. The van der Waals surface area contributed by atoms with E-state index in [1.54, 1.807) is 0 Å². The third-order valence-electron chi connectivity index (χ3n) is 5.01. The molecule has 1 N–H and O–H groups in total.